The molecule has 0 amide bonds. The number of allylic oxidation sites excluding steroid dienone is 3. The van der Waals surface area contributed by atoms with Gasteiger partial charge in [0, 0.05) is 30.7 Å². The molecule has 30 heavy (non-hydrogen) atoms. The van der Waals surface area contributed by atoms with Gasteiger partial charge >= 0.3 is 0 Å². The molecule has 0 N–H and O–H groups in total. The van der Waals surface area contributed by atoms with E-state index in [1.807, 2.05) is 12.1 Å². The number of ketones is 2. The first-order valence-corrected chi connectivity index (χ1v) is 11.6. The van der Waals surface area contributed by atoms with Gasteiger partial charge in [-0.3, -0.25) is 14.6 Å². The number of nitrogens with zero attached hydrogens (tertiary/aromatic N) is 1. The molecule has 0 aromatic carbocycles. The molecule has 1 heterocycles. The average molecular weight is 406 g/mol. The third kappa shape index (κ3) is 3.72. The van der Waals surface area contributed by atoms with E-state index in [0.29, 0.717) is 30.0 Å². The molecule has 3 aliphatic rings. The van der Waals surface area contributed by atoms with Gasteiger partial charge in [0.25, 0.3) is 0 Å². The molecule has 4 rings (SSSR count). The van der Waals surface area contributed by atoms with Crippen LogP contribution in [0.1, 0.15) is 78.2 Å². The Morgan fingerprint density at radius 3 is 2.53 bits per heavy atom. The molecule has 4 atom stereocenters. The Kier molecular flexibility index (Phi) is 5.59. The lowest BCUT2D eigenvalue weighted by molar-refractivity contribution is -0.126. The number of carbonyl (C=O) groups is 2. The molecule has 0 aliphatic heterocycles. The summed E-state index contributed by atoms with van der Waals surface area (Å²) in [5.41, 5.74) is 3.16. The van der Waals surface area contributed by atoms with Crippen molar-refractivity contribution in [3.8, 4) is 0 Å². The normalized spacial score (nSPS) is 35.1. The lowest BCUT2D eigenvalue weighted by Gasteiger charge is -2.41. The first-order chi connectivity index (χ1) is 14.2. The van der Waals surface area contributed by atoms with Gasteiger partial charge in [0.05, 0.1) is 0 Å². The minimum atomic E-state index is -0.213. The zero-order valence-corrected chi connectivity index (χ0v) is 18.9. The van der Waals surface area contributed by atoms with Gasteiger partial charge in [0.2, 0.25) is 0 Å². The van der Waals surface area contributed by atoms with Crippen LogP contribution in [-0.2, 0) is 9.59 Å². The van der Waals surface area contributed by atoms with Gasteiger partial charge in [-0.1, -0.05) is 45.8 Å². The number of pyridine rings is 1. The van der Waals surface area contributed by atoms with Crippen LogP contribution >= 0.6 is 0 Å². The number of hydrogen-bond acceptors (Lipinski definition) is 3. The maximum absolute atomic E-state index is 13.0. The molecule has 0 radical (unpaired) electrons. The summed E-state index contributed by atoms with van der Waals surface area (Å²) in [5.74, 6) is 2.28. The summed E-state index contributed by atoms with van der Waals surface area (Å²) in [4.78, 5) is 29.6. The highest BCUT2D eigenvalue weighted by molar-refractivity contribution is 6.02. The van der Waals surface area contributed by atoms with E-state index < -0.39 is 0 Å². The summed E-state index contributed by atoms with van der Waals surface area (Å²) < 4.78 is 0. The monoisotopic (exact) mass is 405 g/mol. The number of rotatable bonds is 3. The van der Waals surface area contributed by atoms with Crippen LogP contribution in [0.3, 0.4) is 0 Å². The zero-order valence-electron chi connectivity index (χ0n) is 18.9. The molecule has 1 aromatic rings. The van der Waals surface area contributed by atoms with Crippen LogP contribution in [-0.4, -0.2) is 16.6 Å². The van der Waals surface area contributed by atoms with Crippen molar-refractivity contribution in [2.45, 2.75) is 72.6 Å². The summed E-state index contributed by atoms with van der Waals surface area (Å²) in [6.07, 6.45) is 14.4. The molecule has 1 aromatic heterocycles. The highest BCUT2D eigenvalue weighted by atomic mass is 16.1. The average Bonchev–Trinajstić information content (AvgIpc) is 2.89. The van der Waals surface area contributed by atoms with E-state index in [4.69, 9.17) is 0 Å². The van der Waals surface area contributed by atoms with Gasteiger partial charge in [0.1, 0.15) is 5.78 Å². The van der Waals surface area contributed by atoms with Crippen LogP contribution in [0.5, 0.6) is 0 Å². The standard InChI is InChI=1S/C27H35NO2/c1-5-19-16-27(4)17-20(14-18-10-12-28-13-11-18)24(29)15-21(27)6-7-22(19)23-8-9-25(30)26(23,2)3/h6,10-14,19,22-23H,5,7-9,15-17H2,1-4H3/b20-14+. The molecule has 0 spiro atoms. The Balaban J connectivity index is 1.63. The quantitative estimate of drug-likeness (QED) is 0.444. The summed E-state index contributed by atoms with van der Waals surface area (Å²) in [5, 5.41) is 0. The second-order valence-electron chi connectivity index (χ2n) is 10.6. The van der Waals surface area contributed by atoms with Crippen LogP contribution in [0.2, 0.25) is 0 Å². The first-order valence-electron chi connectivity index (χ1n) is 11.6. The van der Waals surface area contributed by atoms with E-state index in [9.17, 15) is 9.59 Å². The molecule has 4 unspecified atom stereocenters. The van der Waals surface area contributed by atoms with Crippen molar-refractivity contribution in [3.63, 3.8) is 0 Å². The second-order valence-corrected chi connectivity index (χ2v) is 10.6. The molecule has 0 saturated heterocycles. The lowest BCUT2D eigenvalue weighted by atomic mass is 9.62. The molecule has 0 bridgehead atoms. The van der Waals surface area contributed by atoms with Crippen LogP contribution in [0.4, 0.5) is 0 Å². The molecular formula is C27H35NO2. The van der Waals surface area contributed by atoms with Crippen molar-refractivity contribution < 1.29 is 9.59 Å². The third-order valence-corrected chi connectivity index (χ3v) is 8.44. The zero-order chi connectivity index (χ0) is 21.5. The number of fused-ring (bicyclic) bond motifs is 1. The predicted molar refractivity (Wildman–Crippen MR) is 121 cm³/mol. The number of carbonyl (C=O) groups excluding carboxylic acids is 2. The van der Waals surface area contributed by atoms with Crippen molar-refractivity contribution in [3.05, 3.63) is 47.3 Å². The maximum Gasteiger partial charge on any atom is 0.162 e. The molecule has 3 aliphatic carbocycles. The lowest BCUT2D eigenvalue weighted by Crippen LogP contribution is -2.36. The smallest absolute Gasteiger partial charge is 0.162 e. The van der Waals surface area contributed by atoms with E-state index >= 15 is 0 Å². The third-order valence-electron chi connectivity index (χ3n) is 8.44. The molecule has 2 saturated carbocycles. The fourth-order valence-electron chi connectivity index (χ4n) is 6.51. The molecular weight excluding hydrogens is 370 g/mol. The minimum absolute atomic E-state index is 0.0367. The van der Waals surface area contributed by atoms with Crippen molar-refractivity contribution >= 4 is 17.6 Å². The SMILES string of the molecule is CCC1CC2(C)C/C(=C\c3ccncc3)C(=O)CC2=CCC1C1CCC(=O)C1(C)C. The van der Waals surface area contributed by atoms with Gasteiger partial charge in [-0.05, 0) is 78.2 Å². The van der Waals surface area contributed by atoms with Gasteiger partial charge in [0.15, 0.2) is 5.78 Å². The van der Waals surface area contributed by atoms with E-state index in [2.05, 4.69) is 44.8 Å². The Hall–Kier alpha value is -2.03. The van der Waals surface area contributed by atoms with Gasteiger partial charge in [-0.15, -0.1) is 0 Å². The predicted octanol–water partition coefficient (Wildman–Crippen LogP) is 6.20. The van der Waals surface area contributed by atoms with Crippen LogP contribution in [0.15, 0.2) is 41.7 Å². The van der Waals surface area contributed by atoms with Gasteiger partial charge < -0.3 is 0 Å². The summed E-state index contributed by atoms with van der Waals surface area (Å²) in [7, 11) is 0. The van der Waals surface area contributed by atoms with Crippen LogP contribution in [0, 0.1) is 28.6 Å². The fraction of sp³-hybridized carbons (Fsp3) is 0.593. The van der Waals surface area contributed by atoms with E-state index in [1.165, 1.54) is 5.57 Å². The Morgan fingerprint density at radius 1 is 1.17 bits per heavy atom. The fourth-order valence-corrected chi connectivity index (χ4v) is 6.51. The van der Waals surface area contributed by atoms with E-state index in [-0.39, 0.29) is 16.6 Å². The van der Waals surface area contributed by atoms with Crippen molar-refractivity contribution in [1.29, 1.82) is 0 Å². The number of aromatic nitrogens is 1. The Bertz CT molecular complexity index is 895. The minimum Gasteiger partial charge on any atom is -0.299 e. The van der Waals surface area contributed by atoms with Gasteiger partial charge in [-0.2, -0.15) is 0 Å². The highest BCUT2D eigenvalue weighted by Gasteiger charge is 2.49. The van der Waals surface area contributed by atoms with Gasteiger partial charge in [-0.25, -0.2) is 0 Å². The number of hydrogen-bond donors (Lipinski definition) is 0. The second kappa shape index (κ2) is 7.90. The topological polar surface area (TPSA) is 47.0 Å². The van der Waals surface area contributed by atoms with Crippen LogP contribution < -0.4 is 0 Å². The summed E-state index contributed by atoms with van der Waals surface area (Å²) in [6, 6.07) is 3.93. The Morgan fingerprint density at radius 2 is 1.90 bits per heavy atom. The molecule has 2 fully saturated rings. The number of Topliss-reactive ketones (excluding diaryl/α,β-unsaturated/α-hetero) is 2. The molecule has 3 nitrogen and oxygen atoms in total. The van der Waals surface area contributed by atoms with Crippen molar-refractivity contribution in [2.75, 3.05) is 0 Å². The summed E-state index contributed by atoms with van der Waals surface area (Å²) in [6.45, 7) is 8.98. The Labute approximate surface area is 181 Å². The van der Waals surface area contributed by atoms with Crippen LogP contribution in [0.25, 0.3) is 6.08 Å². The maximum atomic E-state index is 13.0. The van der Waals surface area contributed by atoms with E-state index in [1.54, 1.807) is 12.4 Å². The molecule has 160 valence electrons. The molecule has 3 heteroatoms. The van der Waals surface area contributed by atoms with Crippen molar-refractivity contribution in [1.82, 2.24) is 4.98 Å². The highest BCUT2D eigenvalue weighted by Crippen LogP contribution is 2.55. The van der Waals surface area contributed by atoms with Crippen molar-refractivity contribution in [2.24, 2.45) is 28.6 Å². The van der Waals surface area contributed by atoms with E-state index in [0.717, 1.165) is 49.7 Å². The summed E-state index contributed by atoms with van der Waals surface area (Å²) >= 11 is 0. The first kappa shape index (κ1) is 21.2. The largest absolute Gasteiger partial charge is 0.299 e.